The predicted molar refractivity (Wildman–Crippen MR) is 132 cm³/mol. The van der Waals surface area contributed by atoms with Gasteiger partial charge in [-0.15, -0.1) is 11.6 Å². The number of carbonyl (C=O) groups is 5. The van der Waals surface area contributed by atoms with E-state index in [9.17, 15) is 24.0 Å². The van der Waals surface area contributed by atoms with Crippen molar-refractivity contribution in [2.45, 2.75) is 90.5 Å². The van der Waals surface area contributed by atoms with Crippen molar-refractivity contribution in [3.05, 3.63) is 11.6 Å². The molecule has 0 heterocycles. The summed E-state index contributed by atoms with van der Waals surface area (Å²) in [6, 6.07) is 0. The molecule has 8 heteroatoms. The molecule has 0 aromatic rings. The molecule has 4 aliphatic carbocycles. The summed E-state index contributed by atoms with van der Waals surface area (Å²) in [6.45, 7) is 8.62. The maximum absolute atomic E-state index is 14.0. The SMILES string of the molecule is CCC(=O)OCC(=O)[C@]1(OC(=O)CC)[C@@H](C)C[C@H]2[C@@H]3[C@H](Cl)CC4=CC(=O)CC[C@]4(C)[C@H]3C(=O)C[C@@]21C. The molecule has 0 spiro atoms. The molecule has 198 valence electrons. The highest BCUT2D eigenvalue weighted by Crippen LogP contribution is 2.69. The van der Waals surface area contributed by atoms with Gasteiger partial charge < -0.3 is 9.47 Å². The Hall–Kier alpha value is -2.02. The Balaban J connectivity index is 1.79. The van der Waals surface area contributed by atoms with E-state index in [1.54, 1.807) is 19.9 Å². The number of ketones is 3. The summed E-state index contributed by atoms with van der Waals surface area (Å²) < 4.78 is 11.2. The number of hydrogen-bond acceptors (Lipinski definition) is 7. The summed E-state index contributed by atoms with van der Waals surface area (Å²) in [5.74, 6) is -2.56. The van der Waals surface area contributed by atoms with Crippen molar-refractivity contribution < 1.29 is 33.4 Å². The maximum Gasteiger partial charge on any atom is 0.306 e. The molecule has 3 saturated carbocycles. The lowest BCUT2D eigenvalue weighted by Gasteiger charge is -2.59. The van der Waals surface area contributed by atoms with Gasteiger partial charge in [-0.25, -0.2) is 0 Å². The molecular weight excluding hydrogens is 484 g/mol. The second-order valence-corrected chi connectivity index (χ2v) is 12.2. The Morgan fingerprint density at radius 3 is 2.42 bits per heavy atom. The summed E-state index contributed by atoms with van der Waals surface area (Å²) in [6.07, 6.45) is 4.04. The average molecular weight is 521 g/mol. The van der Waals surface area contributed by atoms with Crippen LogP contribution in [0.2, 0.25) is 0 Å². The molecule has 7 nitrogen and oxygen atoms in total. The van der Waals surface area contributed by atoms with Crippen molar-refractivity contribution in [2.75, 3.05) is 6.61 Å². The van der Waals surface area contributed by atoms with Crippen LogP contribution >= 0.6 is 11.6 Å². The molecule has 0 saturated heterocycles. The van der Waals surface area contributed by atoms with Crippen LogP contribution in [0.1, 0.15) is 79.6 Å². The molecule has 4 aliphatic rings. The van der Waals surface area contributed by atoms with Gasteiger partial charge in [-0.05, 0) is 42.6 Å². The molecule has 0 bridgehead atoms. The number of rotatable bonds is 6. The first-order valence-electron chi connectivity index (χ1n) is 13.2. The Bertz CT molecular complexity index is 1030. The van der Waals surface area contributed by atoms with Gasteiger partial charge in [-0.3, -0.25) is 24.0 Å². The fourth-order valence-electron chi connectivity index (χ4n) is 8.09. The summed E-state index contributed by atoms with van der Waals surface area (Å²) in [4.78, 5) is 64.6. The highest BCUT2D eigenvalue weighted by Gasteiger charge is 2.74. The van der Waals surface area contributed by atoms with E-state index in [1.165, 1.54) is 0 Å². The highest BCUT2D eigenvalue weighted by molar-refractivity contribution is 6.21. The van der Waals surface area contributed by atoms with E-state index in [1.807, 2.05) is 13.8 Å². The van der Waals surface area contributed by atoms with Gasteiger partial charge in [0.1, 0.15) is 5.78 Å². The monoisotopic (exact) mass is 520 g/mol. The molecule has 0 amide bonds. The molecule has 36 heavy (non-hydrogen) atoms. The molecule has 4 rings (SSSR count). The van der Waals surface area contributed by atoms with Crippen molar-refractivity contribution >= 4 is 40.9 Å². The van der Waals surface area contributed by atoms with Crippen LogP contribution in [0.4, 0.5) is 0 Å². The van der Waals surface area contributed by atoms with E-state index in [4.69, 9.17) is 21.1 Å². The fourth-order valence-corrected chi connectivity index (χ4v) is 8.58. The molecular formula is C28H37ClO7. The smallest absolute Gasteiger partial charge is 0.306 e. The molecule has 0 unspecified atom stereocenters. The number of ether oxygens (including phenoxy) is 2. The van der Waals surface area contributed by atoms with Crippen LogP contribution in [0.3, 0.4) is 0 Å². The Labute approximate surface area is 217 Å². The average Bonchev–Trinajstić information content (AvgIpc) is 3.04. The number of Topliss-reactive ketones (excluding diaryl/α,β-unsaturated/α-hetero) is 2. The zero-order valence-corrected chi connectivity index (χ0v) is 22.6. The van der Waals surface area contributed by atoms with Gasteiger partial charge in [0.05, 0.1) is 0 Å². The van der Waals surface area contributed by atoms with E-state index in [2.05, 4.69) is 6.92 Å². The van der Waals surface area contributed by atoms with E-state index in [-0.39, 0.29) is 59.9 Å². The third kappa shape index (κ3) is 3.79. The summed E-state index contributed by atoms with van der Waals surface area (Å²) in [7, 11) is 0. The second kappa shape index (κ2) is 9.38. The van der Waals surface area contributed by atoms with E-state index < -0.39 is 40.8 Å². The van der Waals surface area contributed by atoms with Crippen LogP contribution in [-0.2, 0) is 33.4 Å². The third-order valence-corrected chi connectivity index (χ3v) is 10.3. The highest BCUT2D eigenvalue weighted by atomic mass is 35.5. The van der Waals surface area contributed by atoms with Crippen LogP contribution in [0.15, 0.2) is 11.6 Å². The predicted octanol–water partition coefficient (Wildman–Crippen LogP) is 4.37. The molecule has 0 aromatic carbocycles. The molecule has 0 N–H and O–H groups in total. The van der Waals surface area contributed by atoms with E-state index in [0.29, 0.717) is 25.7 Å². The van der Waals surface area contributed by atoms with Gasteiger partial charge in [0.25, 0.3) is 0 Å². The third-order valence-electron chi connectivity index (χ3n) is 9.82. The van der Waals surface area contributed by atoms with Crippen molar-refractivity contribution in [3.63, 3.8) is 0 Å². The lowest BCUT2D eigenvalue weighted by atomic mass is 9.45. The second-order valence-electron chi connectivity index (χ2n) is 11.6. The topological polar surface area (TPSA) is 104 Å². The van der Waals surface area contributed by atoms with Gasteiger partial charge in [0.2, 0.25) is 5.78 Å². The maximum atomic E-state index is 14.0. The van der Waals surface area contributed by atoms with Crippen molar-refractivity contribution in [2.24, 2.45) is 34.5 Å². The minimum Gasteiger partial charge on any atom is -0.457 e. The van der Waals surface area contributed by atoms with Crippen molar-refractivity contribution in [3.8, 4) is 0 Å². The number of hydrogen-bond donors (Lipinski definition) is 0. The molecule has 0 aliphatic heterocycles. The Morgan fingerprint density at radius 1 is 1.11 bits per heavy atom. The molecule has 8 atom stereocenters. The Morgan fingerprint density at radius 2 is 1.78 bits per heavy atom. The molecule has 3 fully saturated rings. The minimum absolute atomic E-state index is 0.00350. The standard InChI is InChI=1S/C28H37ClO7/c1-6-22(33)35-14-21(32)28(36-23(34)7-2)15(3)10-18-24-19(29)12-16-11-17(30)8-9-26(16,4)25(24)20(31)13-27(18,28)5/h11,15,18-19,24-25H,6-10,12-14H2,1-5H3/t15-,18-,19+,24+,25-,26-,27-,28+/m0/s1. The van der Waals surface area contributed by atoms with Crippen LogP contribution in [0.25, 0.3) is 0 Å². The van der Waals surface area contributed by atoms with Crippen LogP contribution in [0.5, 0.6) is 0 Å². The van der Waals surface area contributed by atoms with Crippen LogP contribution in [-0.4, -0.2) is 46.9 Å². The van der Waals surface area contributed by atoms with Crippen LogP contribution < -0.4 is 0 Å². The summed E-state index contributed by atoms with van der Waals surface area (Å²) >= 11 is 7.02. The Kier molecular flexibility index (Phi) is 7.04. The van der Waals surface area contributed by atoms with Crippen LogP contribution in [0, 0.1) is 34.5 Å². The first kappa shape index (κ1) is 27.0. The van der Waals surface area contributed by atoms with Gasteiger partial charge >= 0.3 is 11.9 Å². The summed E-state index contributed by atoms with van der Waals surface area (Å²) in [5.41, 5.74) is -2.07. The first-order valence-corrected chi connectivity index (χ1v) is 13.6. The zero-order chi connectivity index (χ0) is 26.6. The first-order chi connectivity index (χ1) is 16.9. The normalized spacial score (nSPS) is 41.5. The number of alkyl halides is 1. The van der Waals surface area contributed by atoms with Gasteiger partial charge in [0, 0.05) is 48.3 Å². The van der Waals surface area contributed by atoms with Crippen molar-refractivity contribution in [1.29, 1.82) is 0 Å². The number of halogens is 1. The minimum atomic E-state index is -1.59. The number of carbonyl (C=O) groups excluding carboxylic acids is 5. The number of fused-ring (bicyclic) bond motifs is 5. The number of esters is 2. The quantitative estimate of drug-likeness (QED) is 0.378. The lowest BCUT2D eigenvalue weighted by molar-refractivity contribution is -0.198. The molecule has 0 radical (unpaired) electrons. The van der Waals surface area contributed by atoms with Gasteiger partial charge in [-0.2, -0.15) is 0 Å². The lowest BCUT2D eigenvalue weighted by Crippen LogP contribution is -2.65. The van der Waals surface area contributed by atoms with Gasteiger partial charge in [0.15, 0.2) is 18.0 Å². The fraction of sp³-hybridized carbons (Fsp3) is 0.750. The van der Waals surface area contributed by atoms with E-state index >= 15 is 0 Å². The van der Waals surface area contributed by atoms with E-state index in [0.717, 1.165) is 5.57 Å². The zero-order valence-electron chi connectivity index (χ0n) is 21.9. The molecule has 0 aromatic heterocycles. The largest absolute Gasteiger partial charge is 0.457 e. The summed E-state index contributed by atoms with van der Waals surface area (Å²) in [5, 5.41) is -0.383. The number of allylic oxidation sites excluding steroid dienone is 1. The van der Waals surface area contributed by atoms with Crippen molar-refractivity contribution in [1.82, 2.24) is 0 Å². The van der Waals surface area contributed by atoms with Gasteiger partial charge in [-0.1, -0.05) is 40.2 Å².